The molecule has 21 heteroatoms. The van der Waals surface area contributed by atoms with Crippen LogP contribution in [0.5, 0.6) is 0 Å². The van der Waals surface area contributed by atoms with Crippen LogP contribution >= 0.6 is 11.9 Å². The summed E-state index contributed by atoms with van der Waals surface area (Å²) in [6.07, 6.45) is -1.53. The molecule has 0 spiro atoms. The van der Waals surface area contributed by atoms with Gasteiger partial charge in [-0.1, -0.05) is 6.07 Å². The van der Waals surface area contributed by atoms with Crippen LogP contribution in [-0.4, -0.2) is 105 Å². The molecule has 4 amide bonds. The van der Waals surface area contributed by atoms with Gasteiger partial charge in [-0.2, -0.15) is 18.3 Å². The number of piperidine rings is 1. The third-order valence-electron chi connectivity index (χ3n) is 8.68. The lowest BCUT2D eigenvalue weighted by atomic mass is 10.0. The van der Waals surface area contributed by atoms with E-state index >= 15 is 4.39 Å². The van der Waals surface area contributed by atoms with Crippen molar-refractivity contribution in [3.63, 3.8) is 0 Å². The zero-order valence-electron chi connectivity index (χ0n) is 31.2. The number of halogens is 4. The van der Waals surface area contributed by atoms with Gasteiger partial charge < -0.3 is 25.2 Å². The van der Waals surface area contributed by atoms with Gasteiger partial charge in [-0.05, 0) is 62.5 Å². The van der Waals surface area contributed by atoms with E-state index in [2.05, 4.69) is 35.7 Å². The van der Waals surface area contributed by atoms with Crippen LogP contribution in [0.1, 0.15) is 53.0 Å². The molecule has 0 aliphatic carbocycles. The van der Waals surface area contributed by atoms with E-state index in [1.54, 1.807) is 18.2 Å². The van der Waals surface area contributed by atoms with Crippen molar-refractivity contribution in [2.75, 3.05) is 50.2 Å². The van der Waals surface area contributed by atoms with Gasteiger partial charge in [0.15, 0.2) is 0 Å². The van der Waals surface area contributed by atoms with Gasteiger partial charge in [-0.25, -0.2) is 14.4 Å². The van der Waals surface area contributed by atoms with Crippen LogP contribution in [0, 0.1) is 5.82 Å². The molecule has 1 unspecified atom stereocenters. The van der Waals surface area contributed by atoms with E-state index < -0.39 is 58.5 Å². The molecule has 5 N–H and O–H groups in total. The first-order valence-electron chi connectivity index (χ1n) is 18.0. The van der Waals surface area contributed by atoms with Gasteiger partial charge in [0.1, 0.15) is 17.4 Å². The van der Waals surface area contributed by atoms with E-state index in [9.17, 15) is 37.5 Å². The van der Waals surface area contributed by atoms with E-state index in [1.807, 2.05) is 0 Å². The summed E-state index contributed by atoms with van der Waals surface area (Å²) in [5, 5.41) is 22.0. The Morgan fingerprint density at radius 3 is 2.45 bits per heavy atom. The minimum atomic E-state index is -4.77. The Bertz CT molecular complexity index is 2180. The lowest BCUT2D eigenvalue weighted by Gasteiger charge is -2.27. The first-order chi connectivity index (χ1) is 27.6. The fourth-order valence-corrected chi connectivity index (χ4v) is 6.76. The van der Waals surface area contributed by atoms with Crippen LogP contribution in [0.25, 0.3) is 11.3 Å². The Kier molecular flexibility index (Phi) is 13.1. The molecule has 16 nitrogen and oxygen atoms in total. The highest BCUT2D eigenvalue weighted by molar-refractivity contribution is 7.97. The highest BCUT2D eigenvalue weighted by Crippen LogP contribution is 2.37. The number of nitrogens with one attached hydrogen (secondary N) is 4. The van der Waals surface area contributed by atoms with Crippen molar-refractivity contribution in [3.05, 3.63) is 77.5 Å². The Balaban J connectivity index is 0.894. The van der Waals surface area contributed by atoms with Gasteiger partial charge in [-0.15, -0.1) is 0 Å². The molecule has 308 valence electrons. The zero-order valence-corrected chi connectivity index (χ0v) is 32.0. The summed E-state index contributed by atoms with van der Waals surface area (Å²) in [4.78, 5) is 59.3. The van der Waals surface area contributed by atoms with Crippen LogP contribution in [-0.2, 0) is 31.8 Å². The zero-order chi connectivity index (χ0) is 41.6. The summed E-state index contributed by atoms with van der Waals surface area (Å²) >= 11 is 1.15. The minimum absolute atomic E-state index is 0.0304. The number of hydrogen-bond acceptors (Lipinski definition) is 14. The highest BCUT2D eigenvalue weighted by atomic mass is 32.2. The number of imide groups is 2. The second-order valence-electron chi connectivity index (χ2n) is 13.8. The number of anilines is 3. The average molecular weight is 830 g/mol. The molecule has 0 radical (unpaired) electrons. The number of benzene rings is 2. The summed E-state index contributed by atoms with van der Waals surface area (Å²) in [5.74, 6) is -3.28. The fraction of sp³-hybridized carbons (Fsp3) is 0.378. The number of fused-ring (bicyclic) bond motifs is 1. The Morgan fingerprint density at radius 1 is 0.983 bits per heavy atom. The Hall–Kier alpha value is -5.48. The fourth-order valence-electron chi connectivity index (χ4n) is 6.11. The van der Waals surface area contributed by atoms with Crippen molar-refractivity contribution in [1.29, 1.82) is 0 Å². The Morgan fingerprint density at radius 2 is 1.74 bits per heavy atom. The summed E-state index contributed by atoms with van der Waals surface area (Å²) in [5.41, 5.74) is -1.97. The van der Waals surface area contributed by atoms with Gasteiger partial charge in [0.2, 0.25) is 17.8 Å². The number of carbonyl (C=O) groups is 4. The summed E-state index contributed by atoms with van der Waals surface area (Å²) in [7, 11) is 0. The van der Waals surface area contributed by atoms with Crippen molar-refractivity contribution in [3.8, 4) is 11.3 Å². The molecular weight excluding hydrogens is 791 g/mol. The number of amides is 4. The first kappa shape index (κ1) is 42.1. The molecule has 58 heavy (non-hydrogen) atoms. The quantitative estimate of drug-likeness (QED) is 0.0414. The third-order valence-corrected chi connectivity index (χ3v) is 9.52. The van der Waals surface area contributed by atoms with Crippen molar-refractivity contribution in [2.45, 2.75) is 55.9 Å². The third kappa shape index (κ3) is 10.3. The number of carbonyl (C=O) groups excluding carboxylic acids is 4. The standard InChI is InChI=1S/C37H39F4N9O7S/c1-36(2,55)20-49-19-21(17-44-49)31-24(37(39,40)41)18-43-35(48-31)46-26-7-6-22(16-25(26)38)58-45-11-13-57-15-14-56-12-10-42-27-5-3-4-23-30(27)34(54)50(33(23)53)28-8-9-29(51)47-32(28)52/h3-7,16-19,28,42,45,55H,8-15,20H2,1-2H3,(H,43,46,48)(H,47,51,52). The number of ether oxygens (including phenoxy) is 2. The smallest absolute Gasteiger partial charge is 0.389 e. The summed E-state index contributed by atoms with van der Waals surface area (Å²) < 4.78 is 71.9. The number of hydrogen-bond donors (Lipinski definition) is 5. The Labute approximate surface area is 333 Å². The van der Waals surface area contributed by atoms with E-state index in [0.29, 0.717) is 36.5 Å². The van der Waals surface area contributed by atoms with E-state index in [0.717, 1.165) is 16.8 Å². The monoisotopic (exact) mass is 829 g/mol. The molecule has 4 aromatic rings. The molecule has 2 aromatic heterocycles. The normalized spacial score (nSPS) is 15.8. The number of rotatable bonds is 18. The topological polar surface area (TPSA) is 202 Å². The molecular formula is C37H39F4N9O7S. The average Bonchev–Trinajstić information content (AvgIpc) is 3.71. The van der Waals surface area contributed by atoms with E-state index in [4.69, 9.17) is 9.47 Å². The molecule has 0 bridgehead atoms. The number of aromatic nitrogens is 4. The van der Waals surface area contributed by atoms with E-state index in [-0.39, 0.29) is 67.5 Å². The molecule has 0 saturated carbocycles. The largest absolute Gasteiger partial charge is 0.419 e. The number of aliphatic hydroxyl groups is 1. The molecule has 2 aliphatic heterocycles. The number of alkyl halides is 3. The molecule has 2 aromatic carbocycles. The van der Waals surface area contributed by atoms with Gasteiger partial charge in [-0.3, -0.25) is 38.8 Å². The highest BCUT2D eigenvalue weighted by Gasteiger charge is 2.45. The molecule has 2 aliphatic rings. The van der Waals surface area contributed by atoms with Crippen molar-refractivity contribution < 1.29 is 51.3 Å². The lowest BCUT2D eigenvalue weighted by Crippen LogP contribution is -2.54. The van der Waals surface area contributed by atoms with Crippen LogP contribution in [0.15, 0.2) is 59.9 Å². The maximum Gasteiger partial charge on any atom is 0.419 e. The lowest BCUT2D eigenvalue weighted by molar-refractivity contribution is -0.138. The number of nitrogens with zero attached hydrogens (tertiary/aromatic N) is 5. The SMILES string of the molecule is CC(C)(O)Cn1cc(-c2nc(Nc3ccc(SNCCOCCOCCNc4cccc5c4C(=O)N(C4CCC(=O)NC4=O)C5=O)cc3F)ncc2C(F)(F)F)cn1. The molecule has 1 saturated heterocycles. The van der Waals surface area contributed by atoms with Gasteiger partial charge in [0.05, 0.1) is 67.3 Å². The van der Waals surface area contributed by atoms with Crippen molar-refractivity contribution in [1.82, 2.24) is 34.7 Å². The van der Waals surface area contributed by atoms with Crippen molar-refractivity contribution >= 4 is 52.9 Å². The molecule has 1 fully saturated rings. The minimum Gasteiger partial charge on any atom is -0.389 e. The second-order valence-corrected chi connectivity index (χ2v) is 14.7. The molecule has 6 rings (SSSR count). The van der Waals surface area contributed by atoms with Crippen LogP contribution in [0.3, 0.4) is 0 Å². The maximum atomic E-state index is 15.0. The predicted molar refractivity (Wildman–Crippen MR) is 201 cm³/mol. The van der Waals surface area contributed by atoms with Crippen LogP contribution < -0.4 is 20.7 Å². The van der Waals surface area contributed by atoms with Gasteiger partial charge in [0.25, 0.3) is 11.8 Å². The van der Waals surface area contributed by atoms with Crippen molar-refractivity contribution in [2.24, 2.45) is 0 Å². The maximum absolute atomic E-state index is 15.0. The summed E-state index contributed by atoms with van der Waals surface area (Å²) in [6.45, 7) is 4.96. The van der Waals surface area contributed by atoms with Crippen LogP contribution in [0.4, 0.5) is 34.9 Å². The van der Waals surface area contributed by atoms with Gasteiger partial charge in [0, 0.05) is 48.1 Å². The van der Waals surface area contributed by atoms with Crippen LogP contribution in [0.2, 0.25) is 0 Å². The van der Waals surface area contributed by atoms with E-state index in [1.165, 1.54) is 49.1 Å². The first-order valence-corrected chi connectivity index (χ1v) is 18.8. The molecule has 1 atom stereocenters. The second kappa shape index (κ2) is 18.0. The van der Waals surface area contributed by atoms with Gasteiger partial charge >= 0.3 is 6.18 Å². The predicted octanol–water partition coefficient (Wildman–Crippen LogP) is 4.16. The molecule has 4 heterocycles. The summed E-state index contributed by atoms with van der Waals surface area (Å²) in [6, 6.07) is 7.98.